The second kappa shape index (κ2) is 8.79. The van der Waals surface area contributed by atoms with Crippen molar-refractivity contribution in [3.05, 3.63) is 88.9 Å². The number of furan rings is 1. The molecule has 1 aromatic heterocycles. The van der Waals surface area contributed by atoms with Crippen molar-refractivity contribution in [3.8, 4) is 0 Å². The fourth-order valence-corrected chi connectivity index (χ4v) is 3.25. The van der Waals surface area contributed by atoms with Crippen LogP contribution in [0.3, 0.4) is 0 Å². The summed E-state index contributed by atoms with van der Waals surface area (Å²) in [5.74, 6) is -2.64. The molecule has 10 heteroatoms. The number of benzene rings is 2. The van der Waals surface area contributed by atoms with E-state index >= 15 is 0 Å². The Bertz CT molecular complexity index is 1260. The molecular weight excluding hydrogens is 430 g/mol. The van der Waals surface area contributed by atoms with Crippen molar-refractivity contribution in [2.45, 2.75) is 6.54 Å². The van der Waals surface area contributed by atoms with Crippen molar-refractivity contribution in [3.63, 3.8) is 0 Å². The summed E-state index contributed by atoms with van der Waals surface area (Å²) in [6.45, 7) is -0.606. The Balaban J connectivity index is 1.37. The van der Waals surface area contributed by atoms with Gasteiger partial charge in [-0.25, -0.2) is 4.79 Å². The highest BCUT2D eigenvalue weighted by Gasteiger charge is 2.36. The van der Waals surface area contributed by atoms with Gasteiger partial charge in [0.1, 0.15) is 5.76 Å². The van der Waals surface area contributed by atoms with Crippen LogP contribution < -0.4 is 11.1 Å². The lowest BCUT2D eigenvalue weighted by Gasteiger charge is -2.11. The first-order valence-electron chi connectivity index (χ1n) is 9.73. The summed E-state index contributed by atoms with van der Waals surface area (Å²) in [4.78, 5) is 61.7. The van der Waals surface area contributed by atoms with Gasteiger partial charge in [0.15, 0.2) is 6.61 Å². The lowest BCUT2D eigenvalue weighted by Crippen LogP contribution is -2.28. The van der Waals surface area contributed by atoms with Gasteiger partial charge in [-0.05, 0) is 54.6 Å². The summed E-state index contributed by atoms with van der Waals surface area (Å²) in [5, 5.41) is 2.51. The van der Waals surface area contributed by atoms with Gasteiger partial charge < -0.3 is 20.2 Å². The molecule has 0 bridgehead atoms. The maximum absolute atomic E-state index is 12.7. The average molecular weight is 447 g/mol. The Labute approximate surface area is 186 Å². The minimum Gasteiger partial charge on any atom is -0.467 e. The summed E-state index contributed by atoms with van der Waals surface area (Å²) < 4.78 is 10.2. The van der Waals surface area contributed by atoms with E-state index in [9.17, 15) is 24.0 Å². The van der Waals surface area contributed by atoms with Crippen LogP contribution in [0.1, 0.15) is 47.2 Å². The molecule has 33 heavy (non-hydrogen) atoms. The predicted molar refractivity (Wildman–Crippen MR) is 113 cm³/mol. The molecule has 2 aromatic carbocycles. The van der Waals surface area contributed by atoms with Gasteiger partial charge in [-0.3, -0.25) is 24.1 Å². The van der Waals surface area contributed by atoms with Gasteiger partial charge in [0.05, 0.1) is 29.5 Å². The minimum atomic E-state index is -0.832. The number of primary amides is 1. The van der Waals surface area contributed by atoms with Crippen molar-refractivity contribution < 1.29 is 33.1 Å². The van der Waals surface area contributed by atoms with Crippen LogP contribution in [0, 0.1) is 0 Å². The summed E-state index contributed by atoms with van der Waals surface area (Å²) >= 11 is 0. The molecule has 10 nitrogen and oxygen atoms in total. The highest BCUT2D eigenvalue weighted by Crippen LogP contribution is 2.26. The van der Waals surface area contributed by atoms with E-state index < -0.39 is 36.2 Å². The molecule has 3 aromatic rings. The molecule has 0 radical (unpaired) electrons. The third-order valence-corrected chi connectivity index (χ3v) is 4.89. The Morgan fingerprint density at radius 1 is 0.939 bits per heavy atom. The molecule has 0 unspecified atom stereocenters. The van der Waals surface area contributed by atoms with Crippen LogP contribution in [0.4, 0.5) is 5.69 Å². The Morgan fingerprint density at radius 2 is 1.64 bits per heavy atom. The minimum absolute atomic E-state index is 0.0216. The Morgan fingerprint density at radius 3 is 2.30 bits per heavy atom. The lowest BCUT2D eigenvalue weighted by atomic mass is 10.1. The van der Waals surface area contributed by atoms with Gasteiger partial charge in [0.25, 0.3) is 17.7 Å². The van der Waals surface area contributed by atoms with E-state index in [0.717, 1.165) is 4.90 Å². The third kappa shape index (κ3) is 4.49. The van der Waals surface area contributed by atoms with Crippen LogP contribution >= 0.6 is 0 Å². The van der Waals surface area contributed by atoms with Crippen LogP contribution in [-0.4, -0.2) is 41.1 Å². The molecule has 166 valence electrons. The molecule has 0 aliphatic carbocycles. The summed E-state index contributed by atoms with van der Waals surface area (Å²) in [6.07, 6.45) is 1.44. The zero-order chi connectivity index (χ0) is 23.5. The van der Waals surface area contributed by atoms with E-state index in [-0.39, 0.29) is 28.8 Å². The monoisotopic (exact) mass is 447 g/mol. The number of esters is 1. The largest absolute Gasteiger partial charge is 0.467 e. The van der Waals surface area contributed by atoms with E-state index in [1.165, 1.54) is 48.7 Å². The van der Waals surface area contributed by atoms with Crippen molar-refractivity contribution in [1.29, 1.82) is 0 Å². The number of nitrogens with one attached hydrogen (secondary N) is 1. The third-order valence-electron chi connectivity index (χ3n) is 4.89. The van der Waals surface area contributed by atoms with E-state index in [1.807, 2.05) is 0 Å². The second-order valence-corrected chi connectivity index (χ2v) is 7.10. The first-order valence-corrected chi connectivity index (χ1v) is 9.73. The number of rotatable bonds is 7. The number of fused-ring (bicyclic) bond motifs is 1. The SMILES string of the molecule is NC(=O)c1ccc(NC(=O)COC(=O)c2ccc3c(c2)C(=O)N(Cc2ccco2)C3=O)cc1. The van der Waals surface area contributed by atoms with E-state index in [0.29, 0.717) is 11.4 Å². The number of hydrogen-bond donors (Lipinski definition) is 2. The summed E-state index contributed by atoms with van der Waals surface area (Å²) in [7, 11) is 0. The van der Waals surface area contributed by atoms with Gasteiger partial charge >= 0.3 is 5.97 Å². The quantitative estimate of drug-likeness (QED) is 0.415. The number of carbonyl (C=O) groups is 5. The highest BCUT2D eigenvalue weighted by atomic mass is 16.5. The number of amides is 4. The molecule has 0 saturated heterocycles. The molecule has 1 aliphatic heterocycles. The normalized spacial score (nSPS) is 12.4. The van der Waals surface area contributed by atoms with E-state index in [2.05, 4.69) is 5.32 Å². The zero-order valence-corrected chi connectivity index (χ0v) is 17.1. The molecule has 1 aliphatic rings. The first kappa shape index (κ1) is 21.5. The van der Waals surface area contributed by atoms with Crippen LogP contribution in [0.25, 0.3) is 0 Å². The van der Waals surface area contributed by atoms with E-state index in [1.54, 1.807) is 12.1 Å². The molecule has 0 atom stereocenters. The number of nitrogens with two attached hydrogens (primary N) is 1. The van der Waals surface area contributed by atoms with Crippen molar-refractivity contribution >= 4 is 35.3 Å². The van der Waals surface area contributed by atoms with Gasteiger partial charge in [0, 0.05) is 11.3 Å². The van der Waals surface area contributed by atoms with Crippen molar-refractivity contribution in [1.82, 2.24) is 4.90 Å². The molecular formula is C23H17N3O7. The molecule has 0 fully saturated rings. The predicted octanol–water partition coefficient (Wildman–Crippen LogP) is 1.97. The van der Waals surface area contributed by atoms with Crippen molar-refractivity contribution in [2.24, 2.45) is 5.73 Å². The van der Waals surface area contributed by atoms with Crippen LogP contribution in [0.5, 0.6) is 0 Å². The zero-order valence-electron chi connectivity index (χ0n) is 17.1. The van der Waals surface area contributed by atoms with E-state index in [4.69, 9.17) is 14.9 Å². The lowest BCUT2D eigenvalue weighted by molar-refractivity contribution is -0.119. The number of ether oxygens (including phenoxy) is 1. The summed E-state index contributed by atoms with van der Waals surface area (Å²) in [6, 6.07) is 13.1. The smallest absolute Gasteiger partial charge is 0.338 e. The number of imide groups is 1. The maximum Gasteiger partial charge on any atom is 0.338 e. The fourth-order valence-electron chi connectivity index (χ4n) is 3.25. The molecule has 0 saturated carbocycles. The van der Waals surface area contributed by atoms with Crippen LogP contribution in [0.15, 0.2) is 65.3 Å². The first-order chi connectivity index (χ1) is 15.8. The highest BCUT2D eigenvalue weighted by molar-refractivity contribution is 6.21. The topological polar surface area (TPSA) is 149 Å². The van der Waals surface area contributed by atoms with Gasteiger partial charge in [-0.1, -0.05) is 0 Å². The maximum atomic E-state index is 12.7. The Kier molecular flexibility index (Phi) is 5.73. The molecule has 2 heterocycles. The number of carbonyl (C=O) groups excluding carboxylic acids is 5. The molecule has 3 N–H and O–H groups in total. The van der Waals surface area contributed by atoms with Gasteiger partial charge in [-0.15, -0.1) is 0 Å². The number of hydrogen-bond acceptors (Lipinski definition) is 7. The van der Waals surface area contributed by atoms with Crippen LogP contribution in [-0.2, 0) is 16.1 Å². The fraction of sp³-hybridized carbons (Fsp3) is 0.0870. The average Bonchev–Trinajstić information content (AvgIpc) is 3.40. The van der Waals surface area contributed by atoms with Gasteiger partial charge in [0.2, 0.25) is 5.91 Å². The standard InChI is InChI=1S/C23H17N3O7/c24-20(28)13-3-6-15(7-4-13)25-19(27)12-33-23(31)14-5-8-17-18(10-14)22(30)26(21(17)29)11-16-2-1-9-32-16/h1-10H,11-12H2,(H2,24,28)(H,25,27). The van der Waals surface area contributed by atoms with Crippen LogP contribution in [0.2, 0.25) is 0 Å². The number of nitrogens with zero attached hydrogens (tertiary/aromatic N) is 1. The Hall–Kier alpha value is -4.73. The summed E-state index contributed by atoms with van der Waals surface area (Å²) in [5.41, 5.74) is 6.09. The number of anilines is 1. The van der Waals surface area contributed by atoms with Crippen molar-refractivity contribution in [2.75, 3.05) is 11.9 Å². The molecule has 4 rings (SSSR count). The molecule has 4 amide bonds. The second-order valence-electron chi connectivity index (χ2n) is 7.10. The van der Waals surface area contributed by atoms with Gasteiger partial charge in [-0.2, -0.15) is 0 Å². The molecule has 0 spiro atoms.